The Balaban J connectivity index is 2.71. The average Bonchev–Trinajstić information content (AvgIpc) is 1.94. The van der Waals surface area contributed by atoms with Crippen molar-refractivity contribution < 1.29 is 9.90 Å². The van der Waals surface area contributed by atoms with E-state index < -0.39 is 5.97 Å². The summed E-state index contributed by atoms with van der Waals surface area (Å²) in [6.45, 7) is 0. The number of carboxylic acids is 1. The zero-order chi connectivity index (χ0) is 8.43. The van der Waals surface area contributed by atoms with Crippen molar-refractivity contribution in [1.82, 2.24) is 0 Å². The van der Waals surface area contributed by atoms with E-state index in [1.165, 1.54) is 0 Å². The predicted octanol–water partition coefficient (Wildman–Crippen LogP) is 2.20. The quantitative estimate of drug-likeness (QED) is 0.593. The molecule has 0 amide bonds. The minimum Gasteiger partial charge on any atom is -0.478 e. The SMILES string of the molecule is O=C(O)C1=CC(I)C(Cl)CC1. The highest BCUT2D eigenvalue weighted by molar-refractivity contribution is 14.1. The molecule has 2 nitrogen and oxygen atoms in total. The topological polar surface area (TPSA) is 37.3 Å². The molecule has 0 aromatic carbocycles. The maximum absolute atomic E-state index is 10.5. The summed E-state index contributed by atoms with van der Waals surface area (Å²) in [4.78, 5) is 10.5. The van der Waals surface area contributed by atoms with Crippen LogP contribution in [0.3, 0.4) is 0 Å². The normalized spacial score (nSPS) is 31.3. The Labute approximate surface area is 83.8 Å². The van der Waals surface area contributed by atoms with Crippen LogP contribution in [0.5, 0.6) is 0 Å². The van der Waals surface area contributed by atoms with Gasteiger partial charge in [0.2, 0.25) is 0 Å². The van der Waals surface area contributed by atoms with Gasteiger partial charge in [-0.2, -0.15) is 0 Å². The molecule has 0 aromatic heterocycles. The van der Waals surface area contributed by atoms with E-state index in [2.05, 4.69) is 22.6 Å². The highest BCUT2D eigenvalue weighted by Crippen LogP contribution is 2.27. The number of allylic oxidation sites excluding steroid dienone is 1. The second-order valence-electron chi connectivity index (χ2n) is 2.50. The summed E-state index contributed by atoms with van der Waals surface area (Å²) in [6.07, 6.45) is 3.11. The van der Waals surface area contributed by atoms with Gasteiger partial charge in [-0.1, -0.05) is 28.7 Å². The van der Waals surface area contributed by atoms with E-state index in [0.717, 1.165) is 6.42 Å². The summed E-state index contributed by atoms with van der Waals surface area (Å²) in [5.41, 5.74) is 0.501. The number of alkyl halides is 2. The summed E-state index contributed by atoms with van der Waals surface area (Å²) in [5, 5.41) is 8.72. The highest BCUT2D eigenvalue weighted by atomic mass is 127. The first-order chi connectivity index (χ1) is 5.11. The molecule has 1 N–H and O–H groups in total. The smallest absolute Gasteiger partial charge is 0.331 e. The van der Waals surface area contributed by atoms with Gasteiger partial charge in [-0.05, 0) is 12.8 Å². The molecule has 1 aliphatic rings. The van der Waals surface area contributed by atoms with Crippen molar-refractivity contribution in [3.05, 3.63) is 11.6 Å². The lowest BCUT2D eigenvalue weighted by atomic mass is 9.99. The minimum atomic E-state index is -0.810. The van der Waals surface area contributed by atoms with E-state index in [0.29, 0.717) is 12.0 Å². The van der Waals surface area contributed by atoms with Crippen molar-refractivity contribution >= 4 is 40.2 Å². The van der Waals surface area contributed by atoms with Crippen LogP contribution in [-0.2, 0) is 4.79 Å². The van der Waals surface area contributed by atoms with Gasteiger partial charge in [0.15, 0.2) is 0 Å². The zero-order valence-corrected chi connectivity index (χ0v) is 8.67. The minimum absolute atomic E-state index is 0.0960. The van der Waals surface area contributed by atoms with Crippen LogP contribution < -0.4 is 0 Å². The van der Waals surface area contributed by atoms with E-state index in [4.69, 9.17) is 16.7 Å². The molecule has 4 heteroatoms. The number of hydrogen-bond donors (Lipinski definition) is 1. The number of carboxylic acid groups (broad SMARTS) is 1. The Morgan fingerprint density at radius 2 is 2.45 bits per heavy atom. The summed E-state index contributed by atoms with van der Waals surface area (Å²) in [5.74, 6) is -0.810. The summed E-state index contributed by atoms with van der Waals surface area (Å²) >= 11 is 8.05. The van der Waals surface area contributed by atoms with Crippen LogP contribution in [0, 0.1) is 0 Å². The lowest BCUT2D eigenvalue weighted by Crippen LogP contribution is -2.20. The maximum atomic E-state index is 10.5. The molecule has 0 saturated heterocycles. The van der Waals surface area contributed by atoms with Crippen molar-refractivity contribution in [2.75, 3.05) is 0 Å². The lowest BCUT2D eigenvalue weighted by Gasteiger charge is -2.19. The van der Waals surface area contributed by atoms with Gasteiger partial charge in [-0.25, -0.2) is 4.79 Å². The monoisotopic (exact) mass is 286 g/mol. The van der Waals surface area contributed by atoms with Crippen LogP contribution in [0.4, 0.5) is 0 Å². The molecule has 0 spiro atoms. The molecule has 2 atom stereocenters. The van der Waals surface area contributed by atoms with Gasteiger partial charge in [-0.15, -0.1) is 11.6 Å². The Morgan fingerprint density at radius 1 is 1.82 bits per heavy atom. The van der Waals surface area contributed by atoms with Crippen LogP contribution >= 0.6 is 34.2 Å². The first kappa shape index (κ1) is 9.32. The van der Waals surface area contributed by atoms with Gasteiger partial charge < -0.3 is 5.11 Å². The molecule has 1 rings (SSSR count). The van der Waals surface area contributed by atoms with Gasteiger partial charge >= 0.3 is 5.97 Å². The van der Waals surface area contributed by atoms with Gasteiger partial charge in [0, 0.05) is 14.9 Å². The fraction of sp³-hybridized carbons (Fsp3) is 0.571. The van der Waals surface area contributed by atoms with Gasteiger partial charge in [0.25, 0.3) is 0 Å². The third-order valence-electron chi connectivity index (χ3n) is 1.67. The van der Waals surface area contributed by atoms with E-state index in [1.807, 2.05) is 0 Å². The second kappa shape index (κ2) is 3.76. The molecule has 0 bridgehead atoms. The largest absolute Gasteiger partial charge is 0.478 e. The fourth-order valence-corrected chi connectivity index (χ4v) is 1.99. The van der Waals surface area contributed by atoms with Crippen molar-refractivity contribution in [1.29, 1.82) is 0 Å². The predicted molar refractivity (Wildman–Crippen MR) is 52.4 cm³/mol. The number of halogens is 2. The molecule has 11 heavy (non-hydrogen) atoms. The highest BCUT2D eigenvalue weighted by Gasteiger charge is 2.22. The van der Waals surface area contributed by atoms with E-state index >= 15 is 0 Å². The first-order valence-electron chi connectivity index (χ1n) is 3.33. The molecule has 0 saturated carbocycles. The fourth-order valence-electron chi connectivity index (χ4n) is 1.01. The van der Waals surface area contributed by atoms with E-state index in [9.17, 15) is 4.79 Å². The molecule has 0 heterocycles. The number of rotatable bonds is 1. The molecular formula is C7H8ClIO2. The van der Waals surface area contributed by atoms with Gasteiger partial charge in [0.1, 0.15) is 0 Å². The van der Waals surface area contributed by atoms with Crippen LogP contribution in [-0.4, -0.2) is 20.4 Å². The van der Waals surface area contributed by atoms with Crippen LogP contribution in [0.1, 0.15) is 12.8 Å². The molecule has 0 aromatic rings. The van der Waals surface area contributed by atoms with Crippen molar-refractivity contribution in [3.8, 4) is 0 Å². The number of aliphatic carboxylic acids is 1. The van der Waals surface area contributed by atoms with E-state index in [-0.39, 0.29) is 9.30 Å². The second-order valence-corrected chi connectivity index (χ2v) is 4.50. The van der Waals surface area contributed by atoms with Crippen LogP contribution in [0.2, 0.25) is 0 Å². The van der Waals surface area contributed by atoms with Crippen LogP contribution in [0.25, 0.3) is 0 Å². The molecule has 2 unspecified atom stereocenters. The van der Waals surface area contributed by atoms with Crippen molar-refractivity contribution in [3.63, 3.8) is 0 Å². The molecule has 1 aliphatic carbocycles. The summed E-state index contributed by atoms with van der Waals surface area (Å²) in [6, 6.07) is 0. The third kappa shape index (κ3) is 2.33. The van der Waals surface area contributed by atoms with Gasteiger partial charge in [0.05, 0.1) is 0 Å². The van der Waals surface area contributed by atoms with Crippen molar-refractivity contribution in [2.24, 2.45) is 0 Å². The first-order valence-corrected chi connectivity index (χ1v) is 5.01. The zero-order valence-electron chi connectivity index (χ0n) is 5.76. The van der Waals surface area contributed by atoms with Crippen LogP contribution in [0.15, 0.2) is 11.6 Å². The molecule has 0 radical (unpaired) electrons. The molecule has 62 valence electrons. The Bertz CT molecular complexity index is 203. The molecular weight excluding hydrogens is 278 g/mol. The lowest BCUT2D eigenvalue weighted by molar-refractivity contribution is -0.132. The average molecular weight is 286 g/mol. The molecule has 0 fully saturated rings. The summed E-state index contributed by atoms with van der Waals surface area (Å²) < 4.78 is 0.161. The number of carbonyl (C=O) groups is 1. The van der Waals surface area contributed by atoms with Gasteiger partial charge in [-0.3, -0.25) is 0 Å². The molecule has 0 aliphatic heterocycles. The van der Waals surface area contributed by atoms with E-state index in [1.54, 1.807) is 6.08 Å². The third-order valence-corrected chi connectivity index (χ3v) is 3.81. The maximum Gasteiger partial charge on any atom is 0.331 e. The Morgan fingerprint density at radius 3 is 2.91 bits per heavy atom. The Hall–Kier alpha value is 0.230. The van der Waals surface area contributed by atoms with Crippen molar-refractivity contribution in [2.45, 2.75) is 22.1 Å². The summed E-state index contributed by atoms with van der Waals surface area (Å²) in [7, 11) is 0. The Kier molecular flexibility index (Phi) is 3.18. The standard InChI is InChI=1S/C7H8ClIO2/c8-5-2-1-4(7(10)11)3-6(5)9/h3,5-6H,1-2H2,(H,10,11). The number of hydrogen-bond acceptors (Lipinski definition) is 1.